The van der Waals surface area contributed by atoms with Crippen LogP contribution >= 0.6 is 11.3 Å². The molecule has 29 heavy (non-hydrogen) atoms. The van der Waals surface area contributed by atoms with Crippen molar-refractivity contribution in [2.24, 2.45) is 0 Å². The predicted molar refractivity (Wildman–Crippen MR) is 111 cm³/mol. The molecule has 8 nitrogen and oxygen atoms in total. The van der Waals surface area contributed by atoms with Crippen LogP contribution in [0.5, 0.6) is 5.75 Å². The van der Waals surface area contributed by atoms with Crippen molar-refractivity contribution in [1.29, 1.82) is 0 Å². The Hall–Kier alpha value is -2.82. The Bertz CT molecular complexity index is 1080. The summed E-state index contributed by atoms with van der Waals surface area (Å²) in [6.45, 7) is 4.47. The number of hydrogen-bond acceptors (Lipinski definition) is 7. The first-order chi connectivity index (χ1) is 13.9. The molecule has 2 aromatic carbocycles. The van der Waals surface area contributed by atoms with Gasteiger partial charge in [0.05, 0.1) is 6.61 Å². The fraction of sp³-hybridized carbons (Fsp3) is 0.211. The summed E-state index contributed by atoms with van der Waals surface area (Å²) in [6.07, 6.45) is 0. The number of nitrogens with zero attached hydrogens (tertiary/aromatic N) is 2. The molecular formula is C19H20N4O4S2. The molecule has 2 N–H and O–H groups in total. The molecule has 0 spiro atoms. The second kappa shape index (κ2) is 9.12. The van der Waals surface area contributed by atoms with Gasteiger partial charge in [0.15, 0.2) is 0 Å². The Morgan fingerprint density at radius 1 is 1.07 bits per heavy atom. The summed E-state index contributed by atoms with van der Waals surface area (Å²) in [7, 11) is -3.85. The van der Waals surface area contributed by atoms with Crippen molar-refractivity contribution in [2.45, 2.75) is 24.7 Å². The van der Waals surface area contributed by atoms with Crippen LogP contribution in [0.3, 0.4) is 0 Å². The zero-order valence-electron chi connectivity index (χ0n) is 15.9. The molecule has 152 valence electrons. The third-order valence-corrected chi connectivity index (χ3v) is 6.48. The van der Waals surface area contributed by atoms with Crippen LogP contribution in [0.4, 0.5) is 5.13 Å². The van der Waals surface area contributed by atoms with Crippen LogP contribution < -0.4 is 14.8 Å². The highest BCUT2D eigenvalue weighted by atomic mass is 32.2. The lowest BCUT2D eigenvalue weighted by molar-refractivity contribution is 0.102. The SMILES string of the molecule is CCOc1ccc(CNS(=O)(=O)c2nnc(NC(=O)c3ccc(C)cc3)s2)cc1. The Labute approximate surface area is 173 Å². The molecule has 0 radical (unpaired) electrons. The van der Waals surface area contributed by atoms with Gasteiger partial charge < -0.3 is 4.74 Å². The quantitative estimate of drug-likeness (QED) is 0.530. The Morgan fingerprint density at radius 3 is 2.41 bits per heavy atom. The summed E-state index contributed by atoms with van der Waals surface area (Å²) in [6, 6.07) is 14.1. The number of hydrogen-bond donors (Lipinski definition) is 2. The number of rotatable bonds is 8. The van der Waals surface area contributed by atoms with Crippen molar-refractivity contribution in [3.05, 3.63) is 65.2 Å². The van der Waals surface area contributed by atoms with Gasteiger partial charge >= 0.3 is 0 Å². The molecule has 3 aromatic rings. The molecule has 0 aliphatic heterocycles. The van der Waals surface area contributed by atoms with Crippen LogP contribution in [0.1, 0.15) is 28.4 Å². The monoisotopic (exact) mass is 432 g/mol. The van der Waals surface area contributed by atoms with Crippen LogP contribution in [-0.2, 0) is 16.6 Å². The van der Waals surface area contributed by atoms with E-state index in [1.807, 2.05) is 26.0 Å². The summed E-state index contributed by atoms with van der Waals surface area (Å²) in [5.41, 5.74) is 2.25. The maximum absolute atomic E-state index is 12.4. The summed E-state index contributed by atoms with van der Waals surface area (Å²) >= 11 is 0.786. The van der Waals surface area contributed by atoms with Crippen molar-refractivity contribution in [3.8, 4) is 5.75 Å². The molecule has 0 aliphatic carbocycles. The van der Waals surface area contributed by atoms with E-state index in [2.05, 4.69) is 20.2 Å². The zero-order valence-corrected chi connectivity index (χ0v) is 17.5. The number of aryl methyl sites for hydroxylation is 1. The third-order valence-electron chi connectivity index (χ3n) is 3.87. The van der Waals surface area contributed by atoms with Gasteiger partial charge in [0.1, 0.15) is 5.75 Å². The van der Waals surface area contributed by atoms with E-state index < -0.39 is 10.0 Å². The minimum absolute atomic E-state index is 0.0966. The molecule has 1 amide bonds. The maximum atomic E-state index is 12.4. The second-order valence-electron chi connectivity index (χ2n) is 6.09. The van der Waals surface area contributed by atoms with Crippen LogP contribution in [-0.4, -0.2) is 31.1 Å². The third kappa shape index (κ3) is 5.59. The van der Waals surface area contributed by atoms with E-state index in [1.165, 1.54) is 0 Å². The number of sulfonamides is 1. The average Bonchev–Trinajstić information content (AvgIpc) is 3.18. The number of carbonyl (C=O) groups excluding carboxylic acids is 1. The molecule has 3 rings (SSSR count). The summed E-state index contributed by atoms with van der Waals surface area (Å²) in [5.74, 6) is 0.338. The normalized spacial score (nSPS) is 11.2. The minimum Gasteiger partial charge on any atom is -0.494 e. The fourth-order valence-electron chi connectivity index (χ4n) is 2.35. The molecule has 0 saturated heterocycles. The molecule has 0 bridgehead atoms. The van der Waals surface area contributed by atoms with E-state index in [1.54, 1.807) is 36.4 Å². The highest BCUT2D eigenvalue weighted by Crippen LogP contribution is 2.21. The number of nitrogens with one attached hydrogen (secondary N) is 2. The number of ether oxygens (including phenoxy) is 1. The van der Waals surface area contributed by atoms with Gasteiger partial charge in [-0.25, -0.2) is 13.1 Å². The molecule has 0 saturated carbocycles. The standard InChI is InChI=1S/C19H20N4O4S2/c1-3-27-16-10-6-14(7-11-16)12-20-29(25,26)19-23-22-18(28-19)21-17(24)15-8-4-13(2)5-9-15/h4-11,20H,3,12H2,1-2H3,(H,21,22,24). The number of carbonyl (C=O) groups is 1. The predicted octanol–water partition coefficient (Wildman–Crippen LogP) is 2.98. The average molecular weight is 433 g/mol. The van der Waals surface area contributed by atoms with E-state index in [0.717, 1.165) is 28.2 Å². The van der Waals surface area contributed by atoms with Crippen LogP contribution in [0.15, 0.2) is 52.9 Å². The van der Waals surface area contributed by atoms with Gasteiger partial charge in [-0.3, -0.25) is 10.1 Å². The lowest BCUT2D eigenvalue weighted by Gasteiger charge is -2.06. The summed E-state index contributed by atoms with van der Waals surface area (Å²) in [5, 5.41) is 10.1. The zero-order chi connectivity index (χ0) is 20.9. The fourth-order valence-corrected chi connectivity index (χ4v) is 4.31. The van der Waals surface area contributed by atoms with E-state index in [9.17, 15) is 13.2 Å². The van der Waals surface area contributed by atoms with E-state index >= 15 is 0 Å². The van der Waals surface area contributed by atoms with Gasteiger partial charge in [-0.2, -0.15) is 0 Å². The highest BCUT2D eigenvalue weighted by molar-refractivity contribution is 7.91. The molecule has 0 aliphatic rings. The van der Waals surface area contributed by atoms with Crippen molar-refractivity contribution >= 4 is 32.4 Å². The summed E-state index contributed by atoms with van der Waals surface area (Å²) in [4.78, 5) is 12.2. The number of anilines is 1. The topological polar surface area (TPSA) is 110 Å². The van der Waals surface area contributed by atoms with Crippen molar-refractivity contribution in [3.63, 3.8) is 0 Å². The van der Waals surface area contributed by atoms with Crippen molar-refractivity contribution in [1.82, 2.24) is 14.9 Å². The second-order valence-corrected chi connectivity index (χ2v) is 9.01. The molecular weight excluding hydrogens is 412 g/mol. The van der Waals surface area contributed by atoms with Crippen LogP contribution in [0.25, 0.3) is 0 Å². The highest BCUT2D eigenvalue weighted by Gasteiger charge is 2.21. The van der Waals surface area contributed by atoms with Crippen molar-refractivity contribution in [2.75, 3.05) is 11.9 Å². The lowest BCUT2D eigenvalue weighted by atomic mass is 10.1. The molecule has 10 heteroatoms. The minimum atomic E-state index is -3.85. The Morgan fingerprint density at radius 2 is 1.76 bits per heavy atom. The first-order valence-electron chi connectivity index (χ1n) is 8.80. The van der Waals surface area contributed by atoms with Gasteiger partial charge in [0, 0.05) is 12.1 Å². The van der Waals surface area contributed by atoms with E-state index in [4.69, 9.17) is 4.74 Å². The molecule has 0 fully saturated rings. The van der Waals surface area contributed by atoms with Gasteiger partial charge in [-0.15, -0.1) is 10.2 Å². The van der Waals surface area contributed by atoms with Crippen molar-refractivity contribution < 1.29 is 17.9 Å². The van der Waals surface area contributed by atoms with Crippen LogP contribution in [0, 0.1) is 6.92 Å². The van der Waals surface area contributed by atoms with E-state index in [-0.39, 0.29) is 21.9 Å². The molecule has 1 heterocycles. The summed E-state index contributed by atoms with van der Waals surface area (Å²) < 4.78 is 32.5. The van der Waals surface area contributed by atoms with E-state index in [0.29, 0.717) is 12.2 Å². The molecule has 1 aromatic heterocycles. The Kier molecular flexibility index (Phi) is 6.57. The maximum Gasteiger partial charge on any atom is 0.270 e. The van der Waals surface area contributed by atoms with Gasteiger partial charge in [0.2, 0.25) is 9.47 Å². The lowest BCUT2D eigenvalue weighted by Crippen LogP contribution is -2.23. The molecule has 0 atom stereocenters. The number of aromatic nitrogens is 2. The smallest absolute Gasteiger partial charge is 0.270 e. The van der Waals surface area contributed by atoms with Gasteiger partial charge in [-0.05, 0) is 43.7 Å². The first kappa shape index (κ1) is 20.9. The van der Waals surface area contributed by atoms with Gasteiger partial charge in [-0.1, -0.05) is 41.2 Å². The number of benzene rings is 2. The van der Waals surface area contributed by atoms with Crippen LogP contribution in [0.2, 0.25) is 0 Å². The number of amides is 1. The largest absolute Gasteiger partial charge is 0.494 e. The first-order valence-corrected chi connectivity index (χ1v) is 11.1. The van der Waals surface area contributed by atoms with Gasteiger partial charge in [0.25, 0.3) is 15.9 Å². The Balaban J connectivity index is 1.62. The molecule has 0 unspecified atom stereocenters.